The summed E-state index contributed by atoms with van der Waals surface area (Å²) >= 11 is 0.981. The largest absolute Gasteiger partial charge is 0.372 e. The first-order valence-corrected chi connectivity index (χ1v) is 12.8. The van der Waals surface area contributed by atoms with Gasteiger partial charge in [0.1, 0.15) is 0 Å². The molecule has 0 bridgehead atoms. The summed E-state index contributed by atoms with van der Waals surface area (Å²) in [5, 5.41) is 3.16. The van der Waals surface area contributed by atoms with Gasteiger partial charge in [-0.1, -0.05) is 25.2 Å². The normalized spacial score (nSPS) is 14.1. The van der Waals surface area contributed by atoms with Gasteiger partial charge in [0.25, 0.3) is 10.0 Å². The van der Waals surface area contributed by atoms with Crippen LogP contribution in [0.1, 0.15) is 38.8 Å². The highest BCUT2D eigenvalue weighted by atomic mass is 32.2. The molecule has 1 aliphatic rings. The zero-order valence-corrected chi connectivity index (χ0v) is 20.8. The van der Waals surface area contributed by atoms with E-state index in [1.165, 1.54) is 38.3 Å². The van der Waals surface area contributed by atoms with Crippen LogP contribution in [0.3, 0.4) is 0 Å². The molecule has 2 aromatic rings. The molecule has 0 saturated carbocycles. The minimum atomic E-state index is -3.59. The number of hydrogen-bond acceptors (Lipinski definition) is 6. The number of nitrogens with zero attached hydrogens (tertiary/aromatic N) is 4. The highest BCUT2D eigenvalue weighted by Crippen LogP contribution is 2.31. The third kappa shape index (κ3) is 5.96. The van der Waals surface area contributed by atoms with E-state index in [1.807, 2.05) is 38.1 Å². The molecule has 1 fully saturated rings. The van der Waals surface area contributed by atoms with Gasteiger partial charge in [-0.15, -0.1) is 0 Å². The quantitative estimate of drug-likeness (QED) is 0.705. The van der Waals surface area contributed by atoms with Crippen molar-refractivity contribution in [2.45, 2.75) is 44.2 Å². The lowest BCUT2D eigenvalue weighted by molar-refractivity contribution is 0.258. The Morgan fingerprint density at radius 2 is 1.65 bits per heavy atom. The topological polar surface area (TPSA) is 85.9 Å². The lowest BCUT2D eigenvalue weighted by Gasteiger charge is -2.28. The molecule has 1 aliphatic heterocycles. The van der Waals surface area contributed by atoms with Crippen molar-refractivity contribution in [2.24, 2.45) is 0 Å². The monoisotopic (exact) mass is 467 g/mol. The molecule has 3 rings (SSSR count). The third-order valence-corrected chi connectivity index (χ3v) is 8.52. The van der Waals surface area contributed by atoms with Crippen LogP contribution in [0.15, 0.2) is 28.5 Å². The number of urea groups is 1. The van der Waals surface area contributed by atoms with Gasteiger partial charge < -0.3 is 10.2 Å². The van der Waals surface area contributed by atoms with Gasteiger partial charge in [0.2, 0.25) is 0 Å². The number of carbonyl (C=O) groups excluding carboxylic acids is 1. The van der Waals surface area contributed by atoms with E-state index in [4.69, 9.17) is 0 Å². The summed E-state index contributed by atoms with van der Waals surface area (Å²) in [5.74, 6) is 0. The standard InChI is InChI=1S/C19H27N5O3S2.C2H6/c1-14-17(29(26,27)22(2)3)28-19(20-14)23(4)18(25)21-15-8-10-16(11-9-15)24-12-6-5-7-13-24;1-2/h8-11H,5-7,12-13H2,1-4H3,(H,21,25);1-2H3. The number of carbonyl (C=O) groups is 1. The number of rotatable bonds is 5. The fourth-order valence-electron chi connectivity index (χ4n) is 3.12. The van der Waals surface area contributed by atoms with Gasteiger partial charge in [0.05, 0.1) is 5.69 Å². The molecule has 1 saturated heterocycles. The van der Waals surface area contributed by atoms with E-state index in [9.17, 15) is 13.2 Å². The van der Waals surface area contributed by atoms with Gasteiger partial charge >= 0.3 is 6.03 Å². The van der Waals surface area contributed by atoms with Gasteiger partial charge in [-0.2, -0.15) is 0 Å². The van der Waals surface area contributed by atoms with Gasteiger partial charge in [-0.25, -0.2) is 22.5 Å². The Hall–Kier alpha value is -2.17. The van der Waals surface area contributed by atoms with Crippen molar-refractivity contribution >= 4 is 43.9 Å². The predicted molar refractivity (Wildman–Crippen MR) is 129 cm³/mol. The SMILES string of the molecule is CC.Cc1nc(N(C)C(=O)Nc2ccc(N3CCCCC3)cc2)sc1S(=O)(=O)N(C)C. The summed E-state index contributed by atoms with van der Waals surface area (Å²) in [4.78, 5) is 20.6. The third-order valence-electron chi connectivity index (χ3n) is 4.89. The Morgan fingerprint density at radius 1 is 1.06 bits per heavy atom. The Bertz CT molecular complexity index is 965. The molecule has 1 N–H and O–H groups in total. The number of aromatic nitrogens is 1. The molecule has 31 heavy (non-hydrogen) atoms. The van der Waals surface area contributed by atoms with E-state index >= 15 is 0 Å². The maximum absolute atomic E-state index is 12.6. The second kappa shape index (κ2) is 10.9. The van der Waals surface area contributed by atoms with Crippen molar-refractivity contribution < 1.29 is 13.2 Å². The average Bonchev–Trinajstić information content (AvgIpc) is 3.18. The molecule has 8 nitrogen and oxygen atoms in total. The molecule has 0 spiro atoms. The van der Waals surface area contributed by atoms with Crippen LogP contribution in [-0.4, -0.2) is 58.0 Å². The number of hydrogen-bond donors (Lipinski definition) is 1. The number of piperidine rings is 1. The van der Waals surface area contributed by atoms with Crippen LogP contribution in [0, 0.1) is 6.92 Å². The fraction of sp³-hybridized carbons (Fsp3) is 0.524. The van der Waals surface area contributed by atoms with Crippen LogP contribution in [-0.2, 0) is 10.0 Å². The lowest BCUT2D eigenvalue weighted by atomic mass is 10.1. The molecule has 1 aromatic heterocycles. The van der Waals surface area contributed by atoms with E-state index in [2.05, 4.69) is 15.2 Å². The summed E-state index contributed by atoms with van der Waals surface area (Å²) < 4.78 is 26.1. The number of aryl methyl sites for hydroxylation is 1. The number of sulfonamides is 1. The van der Waals surface area contributed by atoms with Gasteiger partial charge in [-0.05, 0) is 50.5 Å². The average molecular weight is 468 g/mol. The van der Waals surface area contributed by atoms with E-state index in [1.54, 1.807) is 14.0 Å². The fourth-order valence-corrected chi connectivity index (χ4v) is 5.72. The first-order valence-electron chi connectivity index (χ1n) is 10.5. The van der Waals surface area contributed by atoms with Crippen molar-refractivity contribution in [3.8, 4) is 0 Å². The lowest BCUT2D eigenvalue weighted by Crippen LogP contribution is -2.31. The second-order valence-electron chi connectivity index (χ2n) is 7.24. The number of nitrogens with one attached hydrogen (secondary N) is 1. The molecule has 2 heterocycles. The summed E-state index contributed by atoms with van der Waals surface area (Å²) in [6.45, 7) is 7.76. The van der Waals surface area contributed by atoms with Gasteiger partial charge in [0.15, 0.2) is 9.34 Å². The summed E-state index contributed by atoms with van der Waals surface area (Å²) in [5.41, 5.74) is 2.21. The summed E-state index contributed by atoms with van der Waals surface area (Å²) in [6, 6.07) is 7.40. The zero-order valence-electron chi connectivity index (χ0n) is 19.2. The van der Waals surface area contributed by atoms with Crippen LogP contribution >= 0.6 is 11.3 Å². The van der Waals surface area contributed by atoms with E-state index in [0.29, 0.717) is 16.5 Å². The first kappa shape index (κ1) is 25.1. The molecule has 1 aromatic carbocycles. The molecule has 0 unspecified atom stereocenters. The van der Waals surface area contributed by atoms with E-state index in [-0.39, 0.29) is 10.2 Å². The summed E-state index contributed by atoms with van der Waals surface area (Å²) in [7, 11) is 0.918. The Morgan fingerprint density at radius 3 is 2.19 bits per heavy atom. The smallest absolute Gasteiger partial charge is 0.327 e. The van der Waals surface area contributed by atoms with Crippen LogP contribution in [0.5, 0.6) is 0 Å². The molecular formula is C21H33N5O3S2. The van der Waals surface area contributed by atoms with E-state index < -0.39 is 10.0 Å². The number of anilines is 3. The molecule has 10 heteroatoms. The van der Waals surface area contributed by atoms with Crippen molar-refractivity contribution in [1.82, 2.24) is 9.29 Å². The van der Waals surface area contributed by atoms with E-state index in [0.717, 1.165) is 34.4 Å². The highest BCUT2D eigenvalue weighted by Gasteiger charge is 2.26. The van der Waals surface area contributed by atoms with Crippen molar-refractivity contribution in [1.29, 1.82) is 0 Å². The van der Waals surface area contributed by atoms with Crippen LogP contribution in [0.25, 0.3) is 0 Å². The minimum Gasteiger partial charge on any atom is -0.372 e. The van der Waals surface area contributed by atoms with Crippen LogP contribution in [0.2, 0.25) is 0 Å². The van der Waals surface area contributed by atoms with Crippen molar-refractivity contribution in [3.63, 3.8) is 0 Å². The van der Waals surface area contributed by atoms with Crippen LogP contribution in [0.4, 0.5) is 21.3 Å². The highest BCUT2D eigenvalue weighted by molar-refractivity contribution is 7.91. The number of amides is 2. The van der Waals surface area contributed by atoms with Crippen LogP contribution < -0.4 is 15.1 Å². The number of thiazole rings is 1. The Labute approximate surface area is 189 Å². The Balaban J connectivity index is 0.00000166. The maximum atomic E-state index is 12.6. The predicted octanol–water partition coefficient (Wildman–Crippen LogP) is 4.39. The minimum absolute atomic E-state index is 0.142. The van der Waals surface area contributed by atoms with Gasteiger partial charge in [0, 0.05) is 45.6 Å². The molecular weight excluding hydrogens is 434 g/mol. The first-order chi connectivity index (χ1) is 14.7. The molecule has 0 aliphatic carbocycles. The molecule has 0 atom stereocenters. The van der Waals surface area contributed by atoms with Gasteiger partial charge in [-0.3, -0.25) is 4.90 Å². The van der Waals surface area contributed by atoms with Crippen molar-refractivity contribution in [2.75, 3.05) is 49.3 Å². The Kier molecular flexibility index (Phi) is 8.84. The number of benzene rings is 1. The van der Waals surface area contributed by atoms with Crippen molar-refractivity contribution in [3.05, 3.63) is 30.0 Å². The summed E-state index contributed by atoms with van der Waals surface area (Å²) in [6.07, 6.45) is 3.70. The zero-order chi connectivity index (χ0) is 23.2. The maximum Gasteiger partial charge on any atom is 0.327 e. The second-order valence-corrected chi connectivity index (χ2v) is 10.6. The molecule has 172 valence electrons. The molecule has 0 radical (unpaired) electrons. The molecule has 2 amide bonds.